The highest BCUT2D eigenvalue weighted by Gasteiger charge is 2.28. The maximum atomic E-state index is 13.9. The quantitative estimate of drug-likeness (QED) is 0.723. The normalized spacial score (nSPS) is 14.0. The number of nitrogens with zero attached hydrogens (tertiary/aromatic N) is 1. The van der Waals surface area contributed by atoms with Crippen LogP contribution >= 0.6 is 11.6 Å². The molecule has 0 saturated heterocycles. The molecule has 2 nitrogen and oxygen atoms in total. The van der Waals surface area contributed by atoms with Crippen molar-refractivity contribution in [1.82, 2.24) is 0 Å². The molecule has 0 spiro atoms. The number of hydrogen-bond donors (Lipinski definition) is 0. The number of anilines is 1. The second-order valence-electron chi connectivity index (χ2n) is 4.91. The number of halogens is 3. The number of aryl methyl sites for hydroxylation is 1. The van der Waals surface area contributed by atoms with Crippen LogP contribution in [0.15, 0.2) is 36.4 Å². The van der Waals surface area contributed by atoms with E-state index in [0.717, 1.165) is 30.2 Å². The number of carbonyl (C=O) groups excluding carboxylic acids is 1. The molecule has 0 radical (unpaired) electrons. The van der Waals surface area contributed by atoms with Crippen molar-refractivity contribution in [2.45, 2.75) is 12.8 Å². The summed E-state index contributed by atoms with van der Waals surface area (Å²) in [6.45, 7) is 0.460. The van der Waals surface area contributed by atoms with Gasteiger partial charge in [-0.15, -0.1) is 0 Å². The van der Waals surface area contributed by atoms with E-state index in [1.54, 1.807) is 6.07 Å². The van der Waals surface area contributed by atoms with Gasteiger partial charge in [0, 0.05) is 12.2 Å². The Morgan fingerprint density at radius 1 is 1.14 bits per heavy atom. The van der Waals surface area contributed by atoms with Gasteiger partial charge in [-0.2, -0.15) is 0 Å². The van der Waals surface area contributed by atoms with Gasteiger partial charge < -0.3 is 4.90 Å². The molecule has 1 heterocycles. The standard InChI is InChI=1S/C16H12ClF2NO/c17-11-7-8-12(18)15(19)14(11)16(21)20-9-3-5-10-4-1-2-6-13(10)20/h1-2,4,6-8H,3,5,9H2. The molecule has 108 valence electrons. The van der Waals surface area contributed by atoms with Crippen LogP contribution in [0.4, 0.5) is 14.5 Å². The van der Waals surface area contributed by atoms with Crippen molar-refractivity contribution in [3.8, 4) is 0 Å². The highest BCUT2D eigenvalue weighted by atomic mass is 35.5. The molecular weight excluding hydrogens is 296 g/mol. The fourth-order valence-corrected chi connectivity index (χ4v) is 2.83. The topological polar surface area (TPSA) is 20.3 Å². The first-order valence-electron chi connectivity index (χ1n) is 6.63. The molecule has 1 aliphatic heterocycles. The zero-order valence-electron chi connectivity index (χ0n) is 11.1. The molecule has 0 saturated carbocycles. The number of fused-ring (bicyclic) bond motifs is 1. The molecule has 0 N–H and O–H groups in total. The SMILES string of the molecule is O=C(c1c(Cl)ccc(F)c1F)N1CCCc2ccccc21. The highest BCUT2D eigenvalue weighted by molar-refractivity contribution is 6.34. The number of para-hydroxylation sites is 1. The number of carbonyl (C=O) groups is 1. The van der Waals surface area contributed by atoms with Gasteiger partial charge in [-0.3, -0.25) is 4.79 Å². The lowest BCUT2D eigenvalue weighted by Crippen LogP contribution is -2.36. The fraction of sp³-hybridized carbons (Fsp3) is 0.188. The Labute approximate surface area is 125 Å². The molecule has 5 heteroatoms. The minimum atomic E-state index is -1.20. The Kier molecular flexibility index (Phi) is 3.64. The van der Waals surface area contributed by atoms with E-state index in [1.165, 1.54) is 11.0 Å². The summed E-state index contributed by atoms with van der Waals surface area (Å²) in [4.78, 5) is 14.1. The number of amides is 1. The smallest absolute Gasteiger partial charge is 0.262 e. The minimum absolute atomic E-state index is 0.0815. The van der Waals surface area contributed by atoms with Crippen molar-refractivity contribution in [2.24, 2.45) is 0 Å². The molecule has 2 aromatic rings. The minimum Gasteiger partial charge on any atom is -0.308 e. The van der Waals surface area contributed by atoms with Crippen molar-refractivity contribution in [1.29, 1.82) is 0 Å². The third-order valence-electron chi connectivity index (χ3n) is 3.61. The lowest BCUT2D eigenvalue weighted by atomic mass is 10.0. The van der Waals surface area contributed by atoms with Crippen molar-refractivity contribution < 1.29 is 13.6 Å². The average Bonchev–Trinajstić information content (AvgIpc) is 2.50. The summed E-state index contributed by atoms with van der Waals surface area (Å²) in [5, 5.41) is -0.0815. The molecule has 0 bridgehead atoms. The fourth-order valence-electron chi connectivity index (χ4n) is 2.60. The van der Waals surface area contributed by atoms with Gasteiger partial charge >= 0.3 is 0 Å². The van der Waals surface area contributed by atoms with Gasteiger partial charge in [0.25, 0.3) is 5.91 Å². The van der Waals surface area contributed by atoms with E-state index in [2.05, 4.69) is 0 Å². The van der Waals surface area contributed by atoms with Crippen LogP contribution in [-0.4, -0.2) is 12.5 Å². The summed E-state index contributed by atoms with van der Waals surface area (Å²) in [7, 11) is 0. The van der Waals surface area contributed by atoms with Crippen LogP contribution in [-0.2, 0) is 6.42 Å². The van der Waals surface area contributed by atoms with Crippen LogP contribution in [0.5, 0.6) is 0 Å². The predicted molar refractivity (Wildman–Crippen MR) is 77.8 cm³/mol. The van der Waals surface area contributed by atoms with Crippen LogP contribution in [0.2, 0.25) is 5.02 Å². The molecule has 1 aliphatic rings. The maximum Gasteiger partial charge on any atom is 0.262 e. The average molecular weight is 308 g/mol. The summed E-state index contributed by atoms with van der Waals surface area (Å²) in [5.74, 6) is -2.88. The predicted octanol–water partition coefficient (Wildman–Crippen LogP) is 4.21. The van der Waals surface area contributed by atoms with Crippen molar-refractivity contribution >= 4 is 23.2 Å². The van der Waals surface area contributed by atoms with Crippen molar-refractivity contribution in [3.05, 3.63) is 64.2 Å². The zero-order valence-corrected chi connectivity index (χ0v) is 11.8. The van der Waals surface area contributed by atoms with Crippen LogP contribution in [0.1, 0.15) is 22.3 Å². The molecular formula is C16H12ClF2NO. The van der Waals surface area contributed by atoms with Crippen LogP contribution in [0.3, 0.4) is 0 Å². The van der Waals surface area contributed by atoms with E-state index in [4.69, 9.17) is 11.6 Å². The van der Waals surface area contributed by atoms with Gasteiger partial charge in [-0.25, -0.2) is 8.78 Å². The molecule has 21 heavy (non-hydrogen) atoms. The zero-order chi connectivity index (χ0) is 15.0. The third-order valence-corrected chi connectivity index (χ3v) is 3.93. The van der Waals surface area contributed by atoms with E-state index in [9.17, 15) is 13.6 Å². The summed E-state index contributed by atoms with van der Waals surface area (Å²) in [6.07, 6.45) is 1.64. The Morgan fingerprint density at radius 3 is 2.71 bits per heavy atom. The first-order chi connectivity index (χ1) is 10.1. The lowest BCUT2D eigenvalue weighted by molar-refractivity contribution is 0.0980. The molecule has 0 fully saturated rings. The molecule has 0 aromatic heterocycles. The van der Waals surface area contributed by atoms with E-state index in [-0.39, 0.29) is 5.02 Å². The first-order valence-corrected chi connectivity index (χ1v) is 7.00. The van der Waals surface area contributed by atoms with Gasteiger partial charge in [0.1, 0.15) is 0 Å². The van der Waals surface area contributed by atoms with Gasteiger partial charge in [0.2, 0.25) is 0 Å². The highest BCUT2D eigenvalue weighted by Crippen LogP contribution is 2.31. The Morgan fingerprint density at radius 2 is 1.90 bits per heavy atom. The molecule has 2 aromatic carbocycles. The molecule has 1 amide bonds. The third kappa shape index (κ3) is 2.40. The number of hydrogen-bond acceptors (Lipinski definition) is 1. The molecule has 0 aliphatic carbocycles. The van der Waals surface area contributed by atoms with E-state index < -0.39 is 23.1 Å². The number of benzene rings is 2. The summed E-state index contributed by atoms with van der Waals surface area (Å²) in [5.41, 5.74) is 1.34. The van der Waals surface area contributed by atoms with Gasteiger partial charge in [-0.05, 0) is 36.6 Å². The second-order valence-corrected chi connectivity index (χ2v) is 5.31. The van der Waals surface area contributed by atoms with E-state index >= 15 is 0 Å². The van der Waals surface area contributed by atoms with Crippen LogP contribution in [0, 0.1) is 11.6 Å². The van der Waals surface area contributed by atoms with Gasteiger partial charge in [-0.1, -0.05) is 29.8 Å². The molecule has 0 unspecified atom stereocenters. The molecule has 3 rings (SSSR count). The number of rotatable bonds is 1. The first kappa shape index (κ1) is 14.0. The van der Waals surface area contributed by atoms with Crippen LogP contribution < -0.4 is 4.90 Å². The largest absolute Gasteiger partial charge is 0.308 e. The monoisotopic (exact) mass is 307 g/mol. The summed E-state index contributed by atoms with van der Waals surface area (Å²) >= 11 is 5.89. The molecule has 0 atom stereocenters. The second kappa shape index (κ2) is 5.45. The van der Waals surface area contributed by atoms with Gasteiger partial charge in [0.05, 0.1) is 10.6 Å². The van der Waals surface area contributed by atoms with Crippen molar-refractivity contribution in [3.63, 3.8) is 0 Å². The van der Waals surface area contributed by atoms with E-state index in [0.29, 0.717) is 6.54 Å². The maximum absolute atomic E-state index is 13.9. The van der Waals surface area contributed by atoms with Crippen molar-refractivity contribution in [2.75, 3.05) is 11.4 Å². The Bertz CT molecular complexity index is 717. The lowest BCUT2D eigenvalue weighted by Gasteiger charge is -2.29. The summed E-state index contributed by atoms with van der Waals surface area (Å²) in [6, 6.07) is 9.55. The Hall–Kier alpha value is -1.94. The Balaban J connectivity index is 2.07. The van der Waals surface area contributed by atoms with E-state index in [1.807, 2.05) is 18.2 Å². The van der Waals surface area contributed by atoms with Crippen LogP contribution in [0.25, 0.3) is 0 Å². The van der Waals surface area contributed by atoms with Gasteiger partial charge in [0.15, 0.2) is 11.6 Å². The summed E-state index contributed by atoms with van der Waals surface area (Å²) < 4.78 is 27.3.